The summed E-state index contributed by atoms with van der Waals surface area (Å²) in [6.45, 7) is 6.82. The van der Waals surface area contributed by atoms with E-state index in [9.17, 15) is 4.79 Å². The molecule has 0 bridgehead atoms. The zero-order valence-corrected chi connectivity index (χ0v) is 13.3. The minimum Gasteiger partial charge on any atom is -0.292 e. The number of carbonyl (C=O) groups excluding carboxylic acids is 1. The Morgan fingerprint density at radius 2 is 2.05 bits per heavy atom. The molecule has 0 spiro atoms. The first-order chi connectivity index (χ1) is 9.49. The van der Waals surface area contributed by atoms with Crippen molar-refractivity contribution in [2.75, 3.05) is 7.05 Å². The molecule has 0 N–H and O–H groups in total. The van der Waals surface area contributed by atoms with Crippen LogP contribution in [0.1, 0.15) is 33.3 Å². The Morgan fingerprint density at radius 3 is 2.70 bits per heavy atom. The largest absolute Gasteiger partial charge is 0.292 e. The lowest BCUT2D eigenvalue weighted by Crippen LogP contribution is -2.35. The van der Waals surface area contributed by atoms with Crippen LogP contribution in [0.5, 0.6) is 0 Å². The van der Waals surface area contributed by atoms with Crippen molar-refractivity contribution in [3.8, 4) is 0 Å². The molecule has 0 aliphatic rings. The molecule has 0 amide bonds. The van der Waals surface area contributed by atoms with Crippen LogP contribution in [0, 0.1) is 13.8 Å². The van der Waals surface area contributed by atoms with Gasteiger partial charge < -0.3 is 0 Å². The van der Waals surface area contributed by atoms with Gasteiger partial charge in [0.2, 0.25) is 0 Å². The molecule has 0 aliphatic carbocycles. The Balaban J connectivity index is 2.13. The maximum Gasteiger partial charge on any atom is 0.179 e. The van der Waals surface area contributed by atoms with Crippen molar-refractivity contribution < 1.29 is 4.79 Å². The van der Waals surface area contributed by atoms with Gasteiger partial charge in [-0.2, -0.15) is 0 Å². The fourth-order valence-electron chi connectivity index (χ4n) is 2.21. The number of nitrogens with zero attached hydrogens (tertiary/aromatic N) is 1. The van der Waals surface area contributed by atoms with Crippen LogP contribution in [0.25, 0.3) is 0 Å². The number of hydrogen-bond acceptors (Lipinski definition) is 3. The summed E-state index contributed by atoms with van der Waals surface area (Å²) in [4.78, 5) is 16.0. The Kier molecular flexibility index (Phi) is 4.73. The van der Waals surface area contributed by atoms with Gasteiger partial charge in [-0.1, -0.05) is 23.8 Å². The van der Waals surface area contributed by atoms with Gasteiger partial charge >= 0.3 is 0 Å². The van der Waals surface area contributed by atoms with Gasteiger partial charge in [0.15, 0.2) is 5.78 Å². The molecule has 20 heavy (non-hydrogen) atoms. The van der Waals surface area contributed by atoms with E-state index in [-0.39, 0.29) is 11.8 Å². The average Bonchev–Trinajstić information content (AvgIpc) is 2.92. The zero-order valence-electron chi connectivity index (χ0n) is 12.5. The Morgan fingerprint density at radius 1 is 1.30 bits per heavy atom. The van der Waals surface area contributed by atoms with Gasteiger partial charge in [-0.25, -0.2) is 0 Å². The lowest BCUT2D eigenvalue weighted by Gasteiger charge is -2.23. The monoisotopic (exact) mass is 287 g/mol. The summed E-state index contributed by atoms with van der Waals surface area (Å²) in [5.74, 6) is 0.199. The normalized spacial score (nSPS) is 12.7. The molecule has 0 aliphatic heterocycles. The second-order valence-corrected chi connectivity index (χ2v) is 6.39. The molecule has 0 fully saturated rings. The molecule has 0 saturated heterocycles. The SMILES string of the molecule is Cc1ccc(C)c(C(=O)C(C)N(C)Cc2cccs2)c1. The van der Waals surface area contributed by atoms with Gasteiger partial charge in [0.25, 0.3) is 0 Å². The third kappa shape index (κ3) is 3.35. The highest BCUT2D eigenvalue weighted by atomic mass is 32.1. The number of rotatable bonds is 5. The maximum atomic E-state index is 12.6. The van der Waals surface area contributed by atoms with Crippen molar-refractivity contribution in [1.29, 1.82) is 0 Å². The van der Waals surface area contributed by atoms with Gasteiger partial charge in [-0.05, 0) is 50.9 Å². The topological polar surface area (TPSA) is 20.3 Å². The highest BCUT2D eigenvalue weighted by Crippen LogP contribution is 2.17. The second-order valence-electron chi connectivity index (χ2n) is 5.35. The molecule has 3 heteroatoms. The van der Waals surface area contributed by atoms with Crippen LogP contribution in [-0.4, -0.2) is 23.8 Å². The molecule has 2 aromatic rings. The average molecular weight is 287 g/mol. The summed E-state index contributed by atoms with van der Waals surface area (Å²) >= 11 is 1.73. The number of thiophene rings is 1. The summed E-state index contributed by atoms with van der Waals surface area (Å²) in [5.41, 5.74) is 3.03. The first-order valence-corrected chi connectivity index (χ1v) is 7.71. The second kappa shape index (κ2) is 6.33. The molecular weight excluding hydrogens is 266 g/mol. The van der Waals surface area contributed by atoms with Gasteiger partial charge in [0.05, 0.1) is 6.04 Å². The lowest BCUT2D eigenvalue weighted by molar-refractivity contribution is 0.0862. The molecule has 2 nitrogen and oxygen atoms in total. The predicted octanol–water partition coefficient (Wildman–Crippen LogP) is 4.07. The number of ketones is 1. The summed E-state index contributed by atoms with van der Waals surface area (Å²) in [7, 11) is 2.01. The fraction of sp³-hybridized carbons (Fsp3) is 0.353. The Bertz CT molecular complexity index is 589. The van der Waals surface area contributed by atoms with E-state index in [1.54, 1.807) is 11.3 Å². The van der Waals surface area contributed by atoms with Crippen LogP contribution in [0.4, 0.5) is 0 Å². The van der Waals surface area contributed by atoms with E-state index >= 15 is 0 Å². The van der Waals surface area contributed by atoms with Crippen LogP contribution in [-0.2, 0) is 6.54 Å². The maximum absolute atomic E-state index is 12.6. The summed E-state index contributed by atoms with van der Waals surface area (Å²) in [6, 6.07) is 10.1. The third-order valence-electron chi connectivity index (χ3n) is 3.68. The van der Waals surface area contributed by atoms with Crippen molar-refractivity contribution >= 4 is 17.1 Å². The quantitative estimate of drug-likeness (QED) is 0.773. The van der Waals surface area contributed by atoms with E-state index in [1.165, 1.54) is 4.88 Å². The molecule has 2 rings (SSSR count). The van der Waals surface area contributed by atoms with Crippen molar-refractivity contribution in [2.45, 2.75) is 33.4 Å². The molecule has 0 radical (unpaired) electrons. The first kappa shape index (κ1) is 14.9. The van der Waals surface area contributed by atoms with E-state index in [4.69, 9.17) is 0 Å². The van der Waals surface area contributed by atoms with Crippen molar-refractivity contribution in [1.82, 2.24) is 4.90 Å². The van der Waals surface area contributed by atoms with Crippen LogP contribution in [0.2, 0.25) is 0 Å². The summed E-state index contributed by atoms with van der Waals surface area (Å²) in [6.07, 6.45) is 0. The first-order valence-electron chi connectivity index (χ1n) is 6.83. The molecule has 1 unspecified atom stereocenters. The molecule has 1 heterocycles. The number of aryl methyl sites for hydroxylation is 2. The molecular formula is C17H21NOS. The minimum absolute atomic E-state index is 0.113. The van der Waals surface area contributed by atoms with Gasteiger partial charge in [-0.15, -0.1) is 11.3 Å². The highest BCUT2D eigenvalue weighted by molar-refractivity contribution is 7.09. The van der Waals surface area contributed by atoms with Gasteiger partial charge in [-0.3, -0.25) is 9.69 Å². The number of benzene rings is 1. The fourth-order valence-corrected chi connectivity index (χ4v) is 2.98. The van der Waals surface area contributed by atoms with Crippen LogP contribution in [0.3, 0.4) is 0 Å². The standard InChI is InChI=1S/C17H21NOS/c1-12-7-8-13(2)16(10-12)17(19)14(3)18(4)11-15-6-5-9-20-15/h5-10,14H,11H2,1-4H3. The van der Waals surface area contributed by atoms with E-state index in [0.717, 1.165) is 23.2 Å². The van der Waals surface area contributed by atoms with Crippen LogP contribution in [0.15, 0.2) is 35.7 Å². The number of carbonyl (C=O) groups is 1. The van der Waals surface area contributed by atoms with E-state index in [2.05, 4.69) is 16.3 Å². The highest BCUT2D eigenvalue weighted by Gasteiger charge is 2.21. The predicted molar refractivity (Wildman–Crippen MR) is 85.5 cm³/mol. The number of hydrogen-bond donors (Lipinski definition) is 0. The molecule has 1 atom stereocenters. The zero-order chi connectivity index (χ0) is 14.7. The van der Waals surface area contributed by atoms with E-state index in [1.807, 2.05) is 52.1 Å². The van der Waals surface area contributed by atoms with Gasteiger partial charge in [0.1, 0.15) is 0 Å². The number of Topliss-reactive ketones (excluding diaryl/α,β-unsaturated/α-hetero) is 1. The Labute approximate surface area is 125 Å². The van der Waals surface area contributed by atoms with Crippen LogP contribution < -0.4 is 0 Å². The van der Waals surface area contributed by atoms with Crippen molar-refractivity contribution in [2.24, 2.45) is 0 Å². The molecule has 0 saturated carbocycles. The summed E-state index contributed by atoms with van der Waals surface area (Å²) in [5, 5.41) is 2.07. The van der Waals surface area contributed by atoms with Crippen molar-refractivity contribution in [3.63, 3.8) is 0 Å². The van der Waals surface area contributed by atoms with E-state index < -0.39 is 0 Å². The lowest BCUT2D eigenvalue weighted by atomic mass is 9.98. The smallest absolute Gasteiger partial charge is 0.179 e. The molecule has 1 aromatic heterocycles. The van der Waals surface area contributed by atoms with Crippen molar-refractivity contribution in [3.05, 3.63) is 57.3 Å². The van der Waals surface area contributed by atoms with Crippen LogP contribution >= 0.6 is 11.3 Å². The third-order valence-corrected chi connectivity index (χ3v) is 4.55. The Hall–Kier alpha value is -1.45. The van der Waals surface area contributed by atoms with E-state index in [0.29, 0.717) is 0 Å². The molecule has 1 aromatic carbocycles. The summed E-state index contributed by atoms with van der Waals surface area (Å²) < 4.78 is 0. The van der Waals surface area contributed by atoms with Gasteiger partial charge in [0, 0.05) is 17.0 Å². The number of likely N-dealkylation sites (N-methyl/N-ethyl adjacent to an activating group) is 1. The minimum atomic E-state index is -0.113. The molecule has 106 valence electrons.